The monoisotopic (exact) mass is 545 g/mol. The molecule has 3 aromatic carbocycles. The van der Waals surface area contributed by atoms with Crippen LogP contribution in [0.1, 0.15) is 28.4 Å². The van der Waals surface area contributed by atoms with Gasteiger partial charge < -0.3 is 4.74 Å². The maximum absolute atomic E-state index is 14.3. The molecule has 8 nitrogen and oxygen atoms in total. The van der Waals surface area contributed by atoms with Crippen molar-refractivity contribution in [2.45, 2.75) is 20.0 Å². The number of rotatable bonds is 8. The molecule has 41 heavy (non-hydrogen) atoms. The van der Waals surface area contributed by atoms with E-state index in [0.717, 1.165) is 28.2 Å². The predicted octanol–water partition coefficient (Wildman–Crippen LogP) is 6.24. The number of carbonyl (C=O) groups excluding carboxylic acids is 2. The Balaban J connectivity index is 1.66. The maximum atomic E-state index is 14.3. The third-order valence-corrected chi connectivity index (χ3v) is 6.84. The van der Waals surface area contributed by atoms with Gasteiger partial charge in [-0.15, -0.1) is 0 Å². The number of amides is 2. The minimum atomic E-state index is -0.708. The normalized spacial score (nSPS) is 10.9. The van der Waals surface area contributed by atoms with E-state index in [4.69, 9.17) is 9.72 Å². The standard InChI is InChI=1S/C33H31N5O3/c1-3-37(22-24-18-20-34-21-19-24)23-28-30(32(39)36-38(33(40)41-2)26-14-8-5-9-15-26)27-16-10-11-17-29(27)35-31(28)25-12-6-4-7-13-25/h4-21H,3,22-23H2,1-2H3,(H,36,39). The molecule has 0 spiro atoms. The number of carbonyl (C=O) groups is 2. The lowest BCUT2D eigenvalue weighted by molar-refractivity contribution is 0.0940. The second kappa shape index (κ2) is 12.8. The van der Waals surface area contributed by atoms with Gasteiger partial charge in [-0.3, -0.25) is 20.1 Å². The summed E-state index contributed by atoms with van der Waals surface area (Å²) >= 11 is 0. The summed E-state index contributed by atoms with van der Waals surface area (Å²) in [7, 11) is 1.28. The van der Waals surface area contributed by atoms with Crippen molar-refractivity contribution in [2.24, 2.45) is 0 Å². The van der Waals surface area contributed by atoms with E-state index in [-0.39, 0.29) is 0 Å². The molecule has 2 heterocycles. The second-order valence-corrected chi connectivity index (χ2v) is 9.44. The Kier molecular flexibility index (Phi) is 8.61. The van der Waals surface area contributed by atoms with Crippen LogP contribution in [-0.2, 0) is 17.8 Å². The first-order valence-electron chi connectivity index (χ1n) is 13.4. The first-order chi connectivity index (χ1) is 20.1. The Hall–Kier alpha value is -5.08. The lowest BCUT2D eigenvalue weighted by atomic mass is 9.95. The molecule has 8 heteroatoms. The molecule has 0 saturated carbocycles. The predicted molar refractivity (Wildman–Crippen MR) is 160 cm³/mol. The summed E-state index contributed by atoms with van der Waals surface area (Å²) in [5.41, 5.74) is 7.92. The Morgan fingerprint density at radius 1 is 0.829 bits per heavy atom. The first kappa shape index (κ1) is 27.5. The molecular weight excluding hydrogens is 514 g/mol. The van der Waals surface area contributed by atoms with Gasteiger partial charge in [0.25, 0.3) is 5.91 Å². The van der Waals surface area contributed by atoms with Crippen LogP contribution in [0.25, 0.3) is 22.2 Å². The second-order valence-electron chi connectivity index (χ2n) is 9.44. The number of fused-ring (bicyclic) bond motifs is 1. The van der Waals surface area contributed by atoms with Crippen molar-refractivity contribution < 1.29 is 14.3 Å². The SMILES string of the molecule is CCN(Cc1ccncc1)Cc1c(-c2ccccc2)nc2ccccc2c1C(=O)NN(C(=O)OC)c1ccccc1. The Morgan fingerprint density at radius 3 is 2.17 bits per heavy atom. The number of hydrogen-bond acceptors (Lipinski definition) is 6. The van der Waals surface area contributed by atoms with E-state index in [1.807, 2.05) is 72.8 Å². The number of ether oxygens (including phenoxy) is 1. The van der Waals surface area contributed by atoms with Crippen molar-refractivity contribution in [1.82, 2.24) is 20.3 Å². The van der Waals surface area contributed by atoms with Gasteiger partial charge in [0.05, 0.1) is 29.6 Å². The van der Waals surface area contributed by atoms with Crippen LogP contribution in [0.5, 0.6) is 0 Å². The zero-order chi connectivity index (χ0) is 28.6. The van der Waals surface area contributed by atoms with Crippen molar-refractivity contribution in [3.05, 3.63) is 126 Å². The Morgan fingerprint density at radius 2 is 1.49 bits per heavy atom. The molecule has 0 saturated heterocycles. The molecule has 0 aliphatic carbocycles. The van der Waals surface area contributed by atoms with E-state index in [0.29, 0.717) is 40.9 Å². The molecule has 2 aromatic heterocycles. The summed E-state index contributed by atoms with van der Waals surface area (Å²) in [5, 5.41) is 1.82. The molecule has 0 aliphatic heterocycles. The zero-order valence-electron chi connectivity index (χ0n) is 23.0. The molecule has 206 valence electrons. The summed E-state index contributed by atoms with van der Waals surface area (Å²) < 4.78 is 5.01. The van der Waals surface area contributed by atoms with Gasteiger partial charge in [0, 0.05) is 42.0 Å². The lowest BCUT2D eigenvalue weighted by Crippen LogP contribution is -2.47. The quantitative estimate of drug-likeness (QED) is 0.232. The van der Waals surface area contributed by atoms with E-state index in [1.165, 1.54) is 7.11 Å². The third kappa shape index (κ3) is 6.23. The fourth-order valence-corrected chi connectivity index (χ4v) is 4.79. The van der Waals surface area contributed by atoms with Crippen LogP contribution in [0, 0.1) is 0 Å². The summed E-state index contributed by atoms with van der Waals surface area (Å²) in [6, 6.07) is 30.3. The summed E-state index contributed by atoms with van der Waals surface area (Å²) in [6.45, 7) is 3.95. The van der Waals surface area contributed by atoms with Gasteiger partial charge in [-0.05, 0) is 42.4 Å². The number of hydrogen-bond donors (Lipinski definition) is 1. The third-order valence-electron chi connectivity index (χ3n) is 6.84. The van der Waals surface area contributed by atoms with Gasteiger partial charge in [-0.1, -0.05) is 73.7 Å². The fraction of sp³-hybridized carbons (Fsp3) is 0.152. The van der Waals surface area contributed by atoms with Crippen LogP contribution < -0.4 is 10.4 Å². The smallest absolute Gasteiger partial charge is 0.433 e. The van der Waals surface area contributed by atoms with Gasteiger partial charge in [-0.25, -0.2) is 9.78 Å². The number of methoxy groups -OCH3 is 1. The van der Waals surface area contributed by atoms with Crippen LogP contribution >= 0.6 is 0 Å². The van der Waals surface area contributed by atoms with E-state index >= 15 is 0 Å². The molecule has 2 amide bonds. The number of para-hydroxylation sites is 2. The fourth-order valence-electron chi connectivity index (χ4n) is 4.79. The highest BCUT2D eigenvalue weighted by Crippen LogP contribution is 2.32. The number of pyridine rings is 2. The van der Waals surface area contributed by atoms with Crippen LogP contribution in [0.15, 0.2) is 109 Å². The number of nitrogens with zero attached hydrogens (tertiary/aromatic N) is 4. The summed E-state index contributed by atoms with van der Waals surface area (Å²) in [5.74, 6) is -0.440. The highest BCUT2D eigenvalue weighted by Gasteiger charge is 2.26. The zero-order valence-corrected chi connectivity index (χ0v) is 23.0. The maximum Gasteiger partial charge on any atom is 0.433 e. The number of anilines is 1. The van der Waals surface area contributed by atoms with E-state index in [1.54, 1.807) is 36.7 Å². The highest BCUT2D eigenvalue weighted by atomic mass is 16.5. The summed E-state index contributed by atoms with van der Waals surface area (Å²) in [4.78, 5) is 38.5. The van der Waals surface area contributed by atoms with Gasteiger partial charge in [0.15, 0.2) is 0 Å². The van der Waals surface area contributed by atoms with Crippen molar-refractivity contribution in [1.29, 1.82) is 0 Å². The van der Waals surface area contributed by atoms with Crippen LogP contribution in [0.4, 0.5) is 10.5 Å². The van der Waals surface area contributed by atoms with Gasteiger partial charge in [0.1, 0.15) is 0 Å². The van der Waals surface area contributed by atoms with Crippen molar-refractivity contribution in [3.63, 3.8) is 0 Å². The molecule has 0 atom stereocenters. The highest BCUT2D eigenvalue weighted by molar-refractivity contribution is 6.10. The van der Waals surface area contributed by atoms with E-state index in [2.05, 4.69) is 22.2 Å². The number of benzene rings is 3. The molecule has 0 unspecified atom stereocenters. The van der Waals surface area contributed by atoms with Gasteiger partial charge in [-0.2, -0.15) is 5.01 Å². The molecular formula is C33H31N5O3. The van der Waals surface area contributed by atoms with Crippen molar-refractivity contribution in [3.8, 4) is 11.3 Å². The van der Waals surface area contributed by atoms with Crippen LogP contribution in [0.2, 0.25) is 0 Å². The average Bonchev–Trinajstić information content (AvgIpc) is 3.03. The van der Waals surface area contributed by atoms with E-state index in [9.17, 15) is 9.59 Å². The van der Waals surface area contributed by atoms with Gasteiger partial charge in [0.2, 0.25) is 0 Å². The van der Waals surface area contributed by atoms with Gasteiger partial charge >= 0.3 is 6.09 Å². The topological polar surface area (TPSA) is 87.7 Å². The van der Waals surface area contributed by atoms with E-state index < -0.39 is 12.0 Å². The van der Waals surface area contributed by atoms with Crippen LogP contribution in [-0.4, -0.2) is 40.5 Å². The molecule has 0 aliphatic rings. The largest absolute Gasteiger partial charge is 0.451 e. The molecule has 0 radical (unpaired) electrons. The Bertz CT molecular complexity index is 1630. The summed E-state index contributed by atoms with van der Waals surface area (Å²) in [6.07, 6.45) is 2.85. The lowest BCUT2D eigenvalue weighted by Gasteiger charge is -2.26. The number of aromatic nitrogens is 2. The number of hydrazine groups is 1. The first-order valence-corrected chi connectivity index (χ1v) is 13.4. The number of nitrogens with one attached hydrogen (secondary N) is 1. The van der Waals surface area contributed by atoms with Crippen molar-refractivity contribution in [2.75, 3.05) is 18.7 Å². The Labute approximate surface area is 239 Å². The molecule has 0 bridgehead atoms. The minimum absolute atomic E-state index is 0.440. The van der Waals surface area contributed by atoms with Crippen molar-refractivity contribution >= 4 is 28.6 Å². The minimum Gasteiger partial charge on any atom is -0.451 e. The molecule has 0 fully saturated rings. The average molecular weight is 546 g/mol. The molecule has 1 N–H and O–H groups in total. The van der Waals surface area contributed by atoms with Crippen LogP contribution in [0.3, 0.4) is 0 Å². The molecule has 5 rings (SSSR count). The molecule has 5 aromatic rings.